The van der Waals surface area contributed by atoms with Gasteiger partial charge in [0.05, 0.1) is 12.7 Å². The largest absolute Gasteiger partial charge is 0.467 e. The lowest BCUT2D eigenvalue weighted by molar-refractivity contribution is -0.144. The number of ether oxygens (including phenoxy) is 1. The summed E-state index contributed by atoms with van der Waals surface area (Å²) in [4.78, 5) is 23.5. The molecule has 0 aliphatic carbocycles. The Morgan fingerprint density at radius 1 is 1.28 bits per heavy atom. The Kier molecular flexibility index (Phi) is 4.71. The fraction of sp³-hybridized carbons (Fsp3) is 0.385. The molecule has 1 rings (SSSR count). The predicted octanol–water partition coefficient (Wildman–Crippen LogP) is 1.20. The van der Waals surface area contributed by atoms with E-state index in [4.69, 9.17) is 5.73 Å². The van der Waals surface area contributed by atoms with E-state index >= 15 is 0 Å². The quantitative estimate of drug-likeness (QED) is 0.621. The molecule has 1 aromatic carbocycles. The van der Waals surface area contributed by atoms with Crippen molar-refractivity contribution in [3.05, 3.63) is 29.8 Å². The first-order chi connectivity index (χ1) is 8.47. The number of nitrogens with one attached hydrogen (secondary N) is 1. The van der Waals surface area contributed by atoms with E-state index in [1.54, 1.807) is 24.3 Å². The van der Waals surface area contributed by atoms with E-state index in [1.165, 1.54) is 7.11 Å². The molecular weight excluding hydrogens is 232 g/mol. The van der Waals surface area contributed by atoms with Crippen LogP contribution in [0.25, 0.3) is 0 Å². The van der Waals surface area contributed by atoms with Crippen LogP contribution in [0.4, 0.5) is 5.69 Å². The van der Waals surface area contributed by atoms with Gasteiger partial charge >= 0.3 is 5.97 Å². The summed E-state index contributed by atoms with van der Waals surface area (Å²) in [5, 5.41) is 2.63. The topological polar surface area (TPSA) is 81.4 Å². The van der Waals surface area contributed by atoms with Crippen LogP contribution in [0.2, 0.25) is 0 Å². The highest BCUT2D eigenvalue weighted by molar-refractivity contribution is 6.00. The highest BCUT2D eigenvalue weighted by Gasteiger charge is 2.25. The van der Waals surface area contributed by atoms with Crippen LogP contribution in [0.3, 0.4) is 0 Å². The number of benzene rings is 1. The Balaban J connectivity index is 2.86. The van der Waals surface area contributed by atoms with E-state index in [1.807, 2.05) is 13.8 Å². The first-order valence-electron chi connectivity index (χ1n) is 5.70. The van der Waals surface area contributed by atoms with Crippen molar-refractivity contribution in [2.24, 2.45) is 5.92 Å². The number of nitrogen functional groups attached to an aromatic ring is 1. The third kappa shape index (κ3) is 3.23. The van der Waals surface area contributed by atoms with E-state index < -0.39 is 12.0 Å². The van der Waals surface area contributed by atoms with E-state index in [0.29, 0.717) is 11.3 Å². The number of methoxy groups -OCH3 is 1. The lowest BCUT2D eigenvalue weighted by Gasteiger charge is -2.20. The zero-order chi connectivity index (χ0) is 13.7. The van der Waals surface area contributed by atoms with Gasteiger partial charge in [0.2, 0.25) is 0 Å². The number of para-hydroxylation sites is 1. The monoisotopic (exact) mass is 250 g/mol. The number of anilines is 1. The van der Waals surface area contributed by atoms with Crippen LogP contribution in [0.15, 0.2) is 24.3 Å². The number of carbonyl (C=O) groups excluding carboxylic acids is 2. The first kappa shape index (κ1) is 14.0. The molecule has 0 aliphatic rings. The molecule has 5 heteroatoms. The Labute approximate surface area is 106 Å². The summed E-state index contributed by atoms with van der Waals surface area (Å²) in [6.07, 6.45) is 0. The van der Waals surface area contributed by atoms with Crippen LogP contribution in [-0.4, -0.2) is 25.0 Å². The van der Waals surface area contributed by atoms with Gasteiger partial charge in [-0.25, -0.2) is 4.79 Å². The minimum atomic E-state index is -0.679. The van der Waals surface area contributed by atoms with Crippen LogP contribution in [0, 0.1) is 5.92 Å². The molecule has 0 saturated heterocycles. The second-order valence-electron chi connectivity index (χ2n) is 4.31. The Morgan fingerprint density at radius 2 is 1.89 bits per heavy atom. The smallest absolute Gasteiger partial charge is 0.328 e. The summed E-state index contributed by atoms with van der Waals surface area (Å²) in [7, 11) is 1.29. The van der Waals surface area contributed by atoms with Crippen molar-refractivity contribution >= 4 is 17.6 Å². The van der Waals surface area contributed by atoms with Crippen LogP contribution in [-0.2, 0) is 9.53 Å². The summed E-state index contributed by atoms with van der Waals surface area (Å²) in [6.45, 7) is 3.66. The molecule has 0 spiro atoms. The number of hydrogen-bond acceptors (Lipinski definition) is 4. The van der Waals surface area contributed by atoms with E-state index in [-0.39, 0.29) is 11.8 Å². The molecule has 0 unspecified atom stereocenters. The third-order valence-electron chi connectivity index (χ3n) is 2.61. The van der Waals surface area contributed by atoms with Gasteiger partial charge in [-0.05, 0) is 18.1 Å². The molecule has 0 saturated carbocycles. The number of carbonyl (C=O) groups is 2. The number of esters is 1. The van der Waals surface area contributed by atoms with Gasteiger partial charge in [-0.1, -0.05) is 26.0 Å². The summed E-state index contributed by atoms with van der Waals surface area (Å²) in [6, 6.07) is 6.03. The van der Waals surface area contributed by atoms with Gasteiger partial charge in [-0.3, -0.25) is 4.79 Å². The van der Waals surface area contributed by atoms with Crippen molar-refractivity contribution in [3.8, 4) is 0 Å². The lowest BCUT2D eigenvalue weighted by Crippen LogP contribution is -2.45. The molecular formula is C13H18N2O3. The molecule has 1 amide bonds. The molecule has 0 radical (unpaired) electrons. The lowest BCUT2D eigenvalue weighted by atomic mass is 10.0. The maximum Gasteiger partial charge on any atom is 0.328 e. The van der Waals surface area contributed by atoms with Crippen molar-refractivity contribution in [2.45, 2.75) is 19.9 Å². The minimum Gasteiger partial charge on any atom is -0.467 e. The van der Waals surface area contributed by atoms with Gasteiger partial charge in [0.15, 0.2) is 0 Å². The minimum absolute atomic E-state index is 0.0636. The predicted molar refractivity (Wildman–Crippen MR) is 69.0 cm³/mol. The molecule has 0 heterocycles. The molecule has 3 N–H and O–H groups in total. The summed E-state index contributed by atoms with van der Waals surface area (Å²) in [5.74, 6) is -0.906. The van der Waals surface area contributed by atoms with Gasteiger partial charge in [0, 0.05) is 5.69 Å². The van der Waals surface area contributed by atoms with Crippen molar-refractivity contribution in [1.82, 2.24) is 5.32 Å². The number of nitrogens with two attached hydrogens (primary N) is 1. The molecule has 0 bridgehead atoms. The highest BCUT2D eigenvalue weighted by Crippen LogP contribution is 2.12. The number of amides is 1. The fourth-order valence-corrected chi connectivity index (χ4v) is 1.55. The van der Waals surface area contributed by atoms with E-state index in [2.05, 4.69) is 10.1 Å². The summed E-state index contributed by atoms with van der Waals surface area (Å²) < 4.78 is 4.66. The van der Waals surface area contributed by atoms with E-state index in [0.717, 1.165) is 0 Å². The maximum atomic E-state index is 12.0. The van der Waals surface area contributed by atoms with Gasteiger partial charge in [-0.2, -0.15) is 0 Å². The molecule has 5 nitrogen and oxygen atoms in total. The number of rotatable bonds is 4. The number of hydrogen-bond donors (Lipinski definition) is 2. The molecule has 0 aromatic heterocycles. The SMILES string of the molecule is COC(=O)[C@H](NC(=O)c1ccccc1N)C(C)C. The average Bonchev–Trinajstić information content (AvgIpc) is 2.35. The second-order valence-corrected chi connectivity index (χ2v) is 4.31. The van der Waals surface area contributed by atoms with Crippen molar-refractivity contribution in [2.75, 3.05) is 12.8 Å². The second kappa shape index (κ2) is 6.05. The van der Waals surface area contributed by atoms with Gasteiger partial charge < -0.3 is 15.8 Å². The molecule has 18 heavy (non-hydrogen) atoms. The zero-order valence-electron chi connectivity index (χ0n) is 10.8. The normalized spacial score (nSPS) is 12.0. The van der Waals surface area contributed by atoms with Crippen molar-refractivity contribution in [1.29, 1.82) is 0 Å². The molecule has 0 fully saturated rings. The van der Waals surface area contributed by atoms with Crippen molar-refractivity contribution in [3.63, 3.8) is 0 Å². The Hall–Kier alpha value is -2.04. The van der Waals surface area contributed by atoms with Crippen molar-refractivity contribution < 1.29 is 14.3 Å². The molecule has 1 atom stereocenters. The maximum absolute atomic E-state index is 12.0. The first-order valence-corrected chi connectivity index (χ1v) is 5.70. The average molecular weight is 250 g/mol. The van der Waals surface area contributed by atoms with Gasteiger partial charge in [0.1, 0.15) is 6.04 Å². The van der Waals surface area contributed by atoms with Crippen LogP contribution >= 0.6 is 0 Å². The zero-order valence-corrected chi connectivity index (χ0v) is 10.8. The van der Waals surface area contributed by atoms with Gasteiger partial charge in [0.25, 0.3) is 5.91 Å². The Morgan fingerprint density at radius 3 is 2.39 bits per heavy atom. The third-order valence-corrected chi connectivity index (χ3v) is 2.61. The van der Waals surface area contributed by atoms with E-state index in [9.17, 15) is 9.59 Å². The van der Waals surface area contributed by atoms with Crippen LogP contribution < -0.4 is 11.1 Å². The van der Waals surface area contributed by atoms with Crippen LogP contribution in [0.1, 0.15) is 24.2 Å². The van der Waals surface area contributed by atoms with Crippen LogP contribution in [0.5, 0.6) is 0 Å². The highest BCUT2D eigenvalue weighted by atomic mass is 16.5. The molecule has 1 aromatic rings. The fourth-order valence-electron chi connectivity index (χ4n) is 1.55. The Bertz CT molecular complexity index is 444. The molecule has 98 valence electrons. The summed E-state index contributed by atoms with van der Waals surface area (Å²) in [5.41, 5.74) is 6.44. The molecule has 0 aliphatic heterocycles. The summed E-state index contributed by atoms with van der Waals surface area (Å²) >= 11 is 0. The standard InChI is InChI=1S/C13H18N2O3/c1-8(2)11(13(17)18-3)15-12(16)9-6-4-5-7-10(9)14/h4-8,11H,14H2,1-3H3,(H,15,16)/t11-/m1/s1. The van der Waals surface area contributed by atoms with Gasteiger partial charge in [-0.15, -0.1) is 0 Å².